The molecule has 0 aliphatic heterocycles. The van der Waals surface area contributed by atoms with Gasteiger partial charge in [0.2, 0.25) is 0 Å². The Morgan fingerprint density at radius 2 is 0.569 bits per heavy atom. The van der Waals surface area contributed by atoms with E-state index in [1.807, 2.05) is 72.8 Å². The van der Waals surface area contributed by atoms with Gasteiger partial charge >= 0.3 is 44.8 Å². The second-order valence-corrected chi connectivity index (χ2v) is 21.5. The standard InChI is InChI=1S/C29H30P2.2C16H9.2Ag/c1-22-13-5-9-17-26(22)30(27-18-10-6-14-23(27)2)21-31(28-19-11-7-15-24(28)3)29-20-12-8-16-25(29)4;2*1-2-12-11-13-7-3-4-9-15(13)16-10-6-5-8-14(12)16;;/h5-20H,21H2,1-4H3;2*3-11H;;/q;2*-1;2*+1/p+2. The predicted molar refractivity (Wildman–Crippen MR) is 280 cm³/mol. The van der Waals surface area contributed by atoms with E-state index in [2.05, 4.69) is 173 Å². The van der Waals surface area contributed by atoms with E-state index >= 15 is 0 Å². The molecule has 4 heteroatoms. The Morgan fingerprint density at radius 1 is 0.323 bits per heavy atom. The molecule has 10 rings (SSSR count). The van der Waals surface area contributed by atoms with Crippen molar-refractivity contribution < 1.29 is 44.8 Å². The van der Waals surface area contributed by atoms with Crippen LogP contribution in [0.3, 0.4) is 0 Å². The number of aryl methyl sites for hydroxylation is 4. The number of fused-ring (bicyclic) bond motifs is 6. The Balaban J connectivity index is 0.000000173. The average Bonchev–Trinajstić information content (AvgIpc) is 3.33. The summed E-state index contributed by atoms with van der Waals surface area (Å²) in [5.74, 6) is 6.27. The molecular formula is C61H50Ag2P2+2. The maximum atomic E-state index is 7.35. The van der Waals surface area contributed by atoms with Crippen molar-refractivity contribution in [3.8, 4) is 11.8 Å². The van der Waals surface area contributed by atoms with E-state index < -0.39 is 15.8 Å². The molecule has 10 aromatic rings. The van der Waals surface area contributed by atoms with E-state index in [0.29, 0.717) is 0 Å². The summed E-state index contributed by atoms with van der Waals surface area (Å²) in [5.41, 5.74) is 7.42. The third-order valence-corrected chi connectivity index (χ3v) is 19.7. The molecule has 0 spiro atoms. The summed E-state index contributed by atoms with van der Waals surface area (Å²) < 4.78 is 0. The minimum Gasteiger partial charge on any atom is -0.366 e. The molecule has 0 saturated heterocycles. The molecule has 0 heterocycles. The van der Waals surface area contributed by atoms with Crippen LogP contribution in [-0.2, 0) is 44.8 Å². The average molecular weight is 1060 g/mol. The fourth-order valence-electron chi connectivity index (χ4n) is 8.81. The first-order valence-corrected chi connectivity index (χ1v) is 24.9. The molecule has 0 unspecified atom stereocenters. The molecule has 0 radical (unpaired) electrons. The number of hydrogen-bond acceptors (Lipinski definition) is 0. The van der Waals surface area contributed by atoms with Gasteiger partial charge in [0.15, 0.2) is 5.90 Å². The van der Waals surface area contributed by atoms with Gasteiger partial charge in [0.05, 0.1) is 0 Å². The number of rotatable bonds is 6. The molecule has 0 aliphatic rings. The van der Waals surface area contributed by atoms with Crippen molar-refractivity contribution in [2.75, 3.05) is 5.90 Å². The van der Waals surface area contributed by atoms with Crippen LogP contribution in [0.1, 0.15) is 33.4 Å². The van der Waals surface area contributed by atoms with Gasteiger partial charge in [-0.2, -0.15) is 0 Å². The minimum absolute atomic E-state index is 0. The SMILES string of the molecule is Cc1ccccc1[PH+](C[PH+](c1ccccc1C)c1ccccc1C)c1ccccc1C.[Ag+].[Ag+].[C-]#Cc1cc2ccccc2c2ccccc12.[C-]#Cc1cc2ccccc2c2ccccc12. The molecule has 0 nitrogen and oxygen atoms in total. The van der Waals surface area contributed by atoms with Gasteiger partial charge < -0.3 is 12.8 Å². The van der Waals surface area contributed by atoms with Crippen molar-refractivity contribution >= 4 is 80.2 Å². The van der Waals surface area contributed by atoms with Gasteiger partial charge in [-0.25, -0.2) is 0 Å². The van der Waals surface area contributed by atoms with Crippen LogP contribution in [0.5, 0.6) is 0 Å². The van der Waals surface area contributed by atoms with Crippen LogP contribution in [-0.4, -0.2) is 5.90 Å². The van der Waals surface area contributed by atoms with Crippen molar-refractivity contribution in [2.24, 2.45) is 0 Å². The summed E-state index contributed by atoms with van der Waals surface area (Å²) in [5, 5.41) is 15.6. The van der Waals surface area contributed by atoms with E-state index in [-0.39, 0.29) is 44.8 Å². The molecule has 0 atom stereocenters. The van der Waals surface area contributed by atoms with E-state index in [9.17, 15) is 0 Å². The van der Waals surface area contributed by atoms with Crippen molar-refractivity contribution in [1.82, 2.24) is 0 Å². The maximum Gasteiger partial charge on any atom is 1.00 e. The predicted octanol–water partition coefficient (Wildman–Crippen LogP) is 13.8. The molecule has 10 aromatic carbocycles. The van der Waals surface area contributed by atoms with Crippen molar-refractivity contribution in [2.45, 2.75) is 27.7 Å². The molecule has 0 amide bonds. The van der Waals surface area contributed by atoms with Gasteiger partial charge in [0.1, 0.15) is 37.1 Å². The first-order valence-electron chi connectivity index (χ1n) is 21.5. The molecule has 0 N–H and O–H groups in total. The molecule has 0 saturated carbocycles. The van der Waals surface area contributed by atoms with Gasteiger partial charge in [-0.1, -0.05) is 181 Å². The zero-order valence-electron chi connectivity index (χ0n) is 36.9. The second kappa shape index (κ2) is 23.2. The van der Waals surface area contributed by atoms with Crippen LogP contribution >= 0.6 is 15.8 Å². The van der Waals surface area contributed by atoms with Gasteiger partial charge in [-0.05, 0) is 107 Å². The largest absolute Gasteiger partial charge is 1.00 e. The normalized spacial score (nSPS) is 10.5. The van der Waals surface area contributed by atoms with Crippen molar-refractivity contribution in [3.63, 3.8) is 0 Å². The zero-order chi connectivity index (χ0) is 43.7. The summed E-state index contributed by atoms with van der Waals surface area (Å²) in [6.07, 6.45) is 14.7. The van der Waals surface area contributed by atoms with Crippen LogP contribution in [0.4, 0.5) is 0 Å². The minimum atomic E-state index is -0.941. The van der Waals surface area contributed by atoms with Crippen LogP contribution in [0.15, 0.2) is 206 Å². The number of hydrogen-bond donors (Lipinski definition) is 0. The Labute approximate surface area is 419 Å². The fourth-order valence-corrected chi connectivity index (χ4v) is 17.3. The van der Waals surface area contributed by atoms with Crippen LogP contribution in [0.2, 0.25) is 0 Å². The second-order valence-electron chi connectivity index (χ2n) is 16.0. The first-order chi connectivity index (χ1) is 30.9. The van der Waals surface area contributed by atoms with E-state index in [4.69, 9.17) is 12.8 Å². The van der Waals surface area contributed by atoms with E-state index in [1.54, 1.807) is 21.2 Å². The summed E-state index contributed by atoms with van der Waals surface area (Å²) in [4.78, 5) is 0. The van der Waals surface area contributed by atoms with Gasteiger partial charge in [0, 0.05) is 0 Å². The Kier molecular flexibility index (Phi) is 17.6. The summed E-state index contributed by atoms with van der Waals surface area (Å²) in [6, 6.07) is 73.1. The third kappa shape index (κ3) is 11.0. The monoisotopic (exact) mass is 1060 g/mol. The number of benzene rings is 10. The van der Waals surface area contributed by atoms with E-state index in [1.165, 1.54) is 49.7 Å². The quantitative estimate of drug-likeness (QED) is 0.0512. The van der Waals surface area contributed by atoms with Gasteiger partial charge in [0.25, 0.3) is 0 Å². The maximum absolute atomic E-state index is 7.35. The van der Waals surface area contributed by atoms with Crippen LogP contribution < -0.4 is 21.2 Å². The Bertz CT molecular complexity index is 3010. The Morgan fingerprint density at radius 3 is 0.862 bits per heavy atom. The molecule has 0 bridgehead atoms. The summed E-state index contributed by atoms with van der Waals surface area (Å²) in [6.45, 7) is 9.14. The van der Waals surface area contributed by atoms with Crippen LogP contribution in [0.25, 0.3) is 43.1 Å². The summed E-state index contributed by atoms with van der Waals surface area (Å²) >= 11 is 0. The first kappa shape index (κ1) is 49.1. The Hall–Kier alpha value is -5.30. The molecular weight excluding hydrogens is 1010 g/mol. The molecule has 0 aliphatic carbocycles. The van der Waals surface area contributed by atoms with Gasteiger partial charge in [-0.3, -0.25) is 11.8 Å². The van der Waals surface area contributed by atoms with Crippen molar-refractivity contribution in [1.29, 1.82) is 0 Å². The molecule has 0 fully saturated rings. The fraction of sp³-hybridized carbons (Fsp3) is 0.0820. The van der Waals surface area contributed by atoms with E-state index in [0.717, 1.165) is 32.7 Å². The third-order valence-electron chi connectivity index (χ3n) is 12.0. The molecule has 324 valence electrons. The smallest absolute Gasteiger partial charge is 0.366 e. The molecule has 65 heavy (non-hydrogen) atoms. The zero-order valence-corrected chi connectivity index (χ0v) is 41.9. The van der Waals surface area contributed by atoms with Crippen LogP contribution in [0, 0.1) is 52.4 Å². The summed E-state index contributed by atoms with van der Waals surface area (Å²) in [7, 11) is -1.88. The van der Waals surface area contributed by atoms with Crippen molar-refractivity contribution in [3.05, 3.63) is 252 Å². The van der Waals surface area contributed by atoms with Gasteiger partial charge in [-0.15, -0.1) is 23.3 Å². The molecule has 0 aromatic heterocycles. The topological polar surface area (TPSA) is 0 Å².